The van der Waals surface area contributed by atoms with Crippen LogP contribution in [0.15, 0.2) is 42.7 Å². The molecule has 1 aliphatic rings. The molecule has 0 radical (unpaired) electrons. The van der Waals surface area contributed by atoms with E-state index < -0.39 is 0 Å². The average molecular weight is 412 g/mol. The van der Waals surface area contributed by atoms with Crippen LogP contribution >= 0.6 is 11.6 Å². The SMILES string of the molecule is CCN1CCN(c2ccc(Cl)cc2NC(=O)Cc2cn3cccc(C)c3n2)CC1. The highest BCUT2D eigenvalue weighted by Gasteiger charge is 2.19. The van der Waals surface area contributed by atoms with Gasteiger partial charge in [-0.25, -0.2) is 4.98 Å². The number of nitrogens with one attached hydrogen (secondary N) is 1. The maximum atomic E-state index is 12.8. The minimum atomic E-state index is -0.0956. The van der Waals surface area contributed by atoms with Crippen molar-refractivity contribution >= 4 is 34.5 Å². The largest absolute Gasteiger partial charge is 0.367 e. The zero-order valence-electron chi connectivity index (χ0n) is 16.9. The third kappa shape index (κ3) is 4.38. The van der Waals surface area contributed by atoms with Crippen LogP contribution in [0.25, 0.3) is 5.65 Å². The minimum Gasteiger partial charge on any atom is -0.367 e. The lowest BCUT2D eigenvalue weighted by Gasteiger charge is -2.36. The number of amides is 1. The van der Waals surface area contributed by atoms with Gasteiger partial charge in [-0.15, -0.1) is 0 Å². The molecule has 0 spiro atoms. The highest BCUT2D eigenvalue weighted by atomic mass is 35.5. The van der Waals surface area contributed by atoms with Gasteiger partial charge in [0.05, 0.1) is 23.5 Å². The molecule has 1 N–H and O–H groups in total. The lowest BCUT2D eigenvalue weighted by Crippen LogP contribution is -2.46. The maximum Gasteiger partial charge on any atom is 0.230 e. The van der Waals surface area contributed by atoms with Crippen LogP contribution in [0.1, 0.15) is 18.2 Å². The summed E-state index contributed by atoms with van der Waals surface area (Å²) in [4.78, 5) is 22.1. The molecule has 1 amide bonds. The van der Waals surface area contributed by atoms with E-state index in [0.717, 1.165) is 61.0 Å². The average Bonchev–Trinajstić information content (AvgIpc) is 3.12. The Morgan fingerprint density at radius 1 is 1.21 bits per heavy atom. The Balaban J connectivity index is 1.50. The second-order valence-corrected chi connectivity index (χ2v) is 7.90. The van der Waals surface area contributed by atoms with Crippen LogP contribution in [-0.2, 0) is 11.2 Å². The Morgan fingerprint density at radius 3 is 2.72 bits per heavy atom. The summed E-state index contributed by atoms with van der Waals surface area (Å²) in [5.41, 5.74) is 4.49. The van der Waals surface area contributed by atoms with E-state index in [1.165, 1.54) is 0 Å². The van der Waals surface area contributed by atoms with Crippen molar-refractivity contribution in [2.24, 2.45) is 0 Å². The van der Waals surface area contributed by atoms with Crippen molar-refractivity contribution < 1.29 is 4.79 Å². The number of likely N-dealkylation sites (N-methyl/N-ethyl adjacent to an activating group) is 1. The molecule has 1 fully saturated rings. The molecule has 1 aliphatic heterocycles. The fraction of sp³-hybridized carbons (Fsp3) is 0.364. The molecule has 6 nitrogen and oxygen atoms in total. The number of carbonyl (C=O) groups is 1. The summed E-state index contributed by atoms with van der Waals surface area (Å²) in [6.07, 6.45) is 4.07. The van der Waals surface area contributed by atoms with Gasteiger partial charge in [-0.05, 0) is 43.3 Å². The lowest BCUT2D eigenvalue weighted by molar-refractivity contribution is -0.115. The number of anilines is 2. The van der Waals surface area contributed by atoms with Gasteiger partial charge < -0.3 is 19.5 Å². The third-order valence-corrected chi connectivity index (χ3v) is 5.70. The van der Waals surface area contributed by atoms with Crippen molar-refractivity contribution in [1.29, 1.82) is 0 Å². The molecule has 1 saturated heterocycles. The molecule has 0 atom stereocenters. The summed E-state index contributed by atoms with van der Waals surface area (Å²) in [6, 6.07) is 9.69. The fourth-order valence-electron chi connectivity index (χ4n) is 3.84. The number of hydrogen-bond donors (Lipinski definition) is 1. The van der Waals surface area contributed by atoms with Crippen molar-refractivity contribution in [3.8, 4) is 0 Å². The molecule has 7 heteroatoms. The van der Waals surface area contributed by atoms with E-state index in [4.69, 9.17) is 11.6 Å². The summed E-state index contributed by atoms with van der Waals surface area (Å²) in [6.45, 7) is 9.18. The molecular weight excluding hydrogens is 386 g/mol. The second-order valence-electron chi connectivity index (χ2n) is 7.46. The molecule has 0 saturated carbocycles. The Kier molecular flexibility index (Phi) is 5.74. The Morgan fingerprint density at radius 2 is 2.00 bits per heavy atom. The lowest BCUT2D eigenvalue weighted by atomic mass is 10.2. The number of aromatic nitrogens is 2. The number of fused-ring (bicyclic) bond motifs is 1. The molecular formula is C22H26ClN5O. The highest BCUT2D eigenvalue weighted by Crippen LogP contribution is 2.30. The summed E-state index contributed by atoms with van der Waals surface area (Å²) in [7, 11) is 0. The van der Waals surface area contributed by atoms with Gasteiger partial charge >= 0.3 is 0 Å². The topological polar surface area (TPSA) is 52.9 Å². The fourth-order valence-corrected chi connectivity index (χ4v) is 4.01. The molecule has 0 bridgehead atoms. The van der Waals surface area contributed by atoms with Gasteiger partial charge in [-0.3, -0.25) is 4.79 Å². The number of carbonyl (C=O) groups excluding carboxylic acids is 1. The first-order valence-corrected chi connectivity index (χ1v) is 10.4. The van der Waals surface area contributed by atoms with E-state index in [-0.39, 0.29) is 12.3 Å². The quantitative estimate of drug-likeness (QED) is 0.696. The van der Waals surface area contributed by atoms with Crippen LogP contribution in [0, 0.1) is 6.92 Å². The van der Waals surface area contributed by atoms with Gasteiger partial charge in [0, 0.05) is 43.6 Å². The molecule has 0 unspecified atom stereocenters. The number of halogens is 1. The normalized spacial score (nSPS) is 15.1. The molecule has 1 aromatic carbocycles. The Labute approximate surface area is 176 Å². The predicted molar refractivity (Wildman–Crippen MR) is 118 cm³/mol. The first-order valence-electron chi connectivity index (χ1n) is 10.0. The maximum absolute atomic E-state index is 12.8. The molecule has 4 rings (SSSR count). The van der Waals surface area contributed by atoms with Gasteiger partial charge in [0.25, 0.3) is 0 Å². The number of imidazole rings is 1. The zero-order chi connectivity index (χ0) is 20.4. The van der Waals surface area contributed by atoms with Gasteiger partial charge in [0.15, 0.2) is 0 Å². The molecule has 3 heterocycles. The van der Waals surface area contributed by atoms with Crippen molar-refractivity contribution in [3.63, 3.8) is 0 Å². The van der Waals surface area contributed by atoms with Crippen molar-refractivity contribution in [2.75, 3.05) is 42.9 Å². The number of piperazine rings is 1. The number of benzene rings is 1. The van der Waals surface area contributed by atoms with E-state index in [1.54, 1.807) is 0 Å². The van der Waals surface area contributed by atoms with E-state index in [9.17, 15) is 4.79 Å². The van der Waals surface area contributed by atoms with Crippen molar-refractivity contribution in [3.05, 3.63) is 59.0 Å². The van der Waals surface area contributed by atoms with Crippen molar-refractivity contribution in [2.45, 2.75) is 20.3 Å². The monoisotopic (exact) mass is 411 g/mol. The second kappa shape index (κ2) is 8.43. The summed E-state index contributed by atoms with van der Waals surface area (Å²) in [5, 5.41) is 3.66. The first kappa shape index (κ1) is 19.7. The van der Waals surface area contributed by atoms with E-state index >= 15 is 0 Å². The number of aryl methyl sites for hydroxylation is 1. The van der Waals surface area contributed by atoms with E-state index in [0.29, 0.717) is 5.02 Å². The Bertz CT molecular complexity index is 1020. The van der Waals surface area contributed by atoms with Crippen LogP contribution < -0.4 is 10.2 Å². The van der Waals surface area contributed by atoms with Crippen LogP contribution in [0.2, 0.25) is 5.02 Å². The predicted octanol–water partition coefficient (Wildman–Crippen LogP) is 3.62. The molecule has 2 aromatic heterocycles. The van der Waals surface area contributed by atoms with E-state index in [1.807, 2.05) is 54.0 Å². The number of pyridine rings is 1. The van der Waals surface area contributed by atoms with Crippen LogP contribution in [0.3, 0.4) is 0 Å². The van der Waals surface area contributed by atoms with Crippen molar-refractivity contribution in [1.82, 2.24) is 14.3 Å². The standard InChI is InChI=1S/C22H26ClN5O/c1-3-26-9-11-27(12-10-26)20-7-6-17(23)13-19(20)25-21(29)14-18-15-28-8-4-5-16(2)22(28)24-18/h4-8,13,15H,3,9-12,14H2,1-2H3,(H,25,29). The summed E-state index contributed by atoms with van der Waals surface area (Å²) in [5.74, 6) is -0.0956. The van der Waals surface area contributed by atoms with Crippen LogP contribution in [0.4, 0.5) is 11.4 Å². The molecule has 0 aliphatic carbocycles. The molecule has 152 valence electrons. The third-order valence-electron chi connectivity index (χ3n) is 5.46. The highest BCUT2D eigenvalue weighted by molar-refractivity contribution is 6.31. The minimum absolute atomic E-state index is 0.0956. The summed E-state index contributed by atoms with van der Waals surface area (Å²) >= 11 is 6.22. The molecule has 29 heavy (non-hydrogen) atoms. The van der Waals surface area contributed by atoms with E-state index in [2.05, 4.69) is 27.0 Å². The van der Waals surface area contributed by atoms with Gasteiger partial charge in [0.2, 0.25) is 5.91 Å². The van der Waals surface area contributed by atoms with Gasteiger partial charge in [-0.1, -0.05) is 24.6 Å². The number of nitrogens with zero attached hydrogens (tertiary/aromatic N) is 4. The zero-order valence-corrected chi connectivity index (χ0v) is 17.6. The Hall–Kier alpha value is -2.57. The van der Waals surface area contributed by atoms with Gasteiger partial charge in [-0.2, -0.15) is 0 Å². The van der Waals surface area contributed by atoms with Crippen LogP contribution in [-0.4, -0.2) is 52.9 Å². The smallest absolute Gasteiger partial charge is 0.230 e. The van der Waals surface area contributed by atoms with Gasteiger partial charge in [0.1, 0.15) is 5.65 Å². The number of rotatable bonds is 5. The molecule has 3 aromatic rings. The first-order chi connectivity index (χ1) is 14.0. The number of hydrogen-bond acceptors (Lipinski definition) is 4. The van der Waals surface area contributed by atoms with Crippen LogP contribution in [0.5, 0.6) is 0 Å². The summed E-state index contributed by atoms with van der Waals surface area (Å²) < 4.78 is 1.95.